The van der Waals surface area contributed by atoms with E-state index in [0.29, 0.717) is 17.1 Å². The van der Waals surface area contributed by atoms with E-state index in [0.717, 1.165) is 6.20 Å². The molecule has 1 heterocycles. The van der Waals surface area contributed by atoms with E-state index < -0.39 is 11.8 Å². The van der Waals surface area contributed by atoms with E-state index in [9.17, 15) is 19.4 Å². The number of nitrogens with one attached hydrogen (secondary N) is 2. The van der Waals surface area contributed by atoms with Crippen LogP contribution < -0.4 is 15.4 Å². The van der Waals surface area contributed by atoms with Crippen molar-refractivity contribution in [2.75, 3.05) is 24.4 Å². The number of rotatable bonds is 8. The van der Waals surface area contributed by atoms with Crippen molar-refractivity contribution in [3.05, 3.63) is 54.5 Å². The minimum atomic E-state index is -0.688. The normalized spacial score (nSPS) is 10.3. The van der Waals surface area contributed by atoms with Crippen molar-refractivity contribution in [1.29, 1.82) is 0 Å². The molecule has 3 rings (SSSR count). The maximum absolute atomic E-state index is 14.1. The molecule has 30 heavy (non-hydrogen) atoms. The average molecular weight is 414 g/mol. The highest BCUT2D eigenvalue weighted by molar-refractivity contribution is 5.69. The van der Waals surface area contributed by atoms with Gasteiger partial charge < -0.3 is 30.3 Å². The molecule has 0 amide bonds. The Morgan fingerprint density at radius 3 is 2.67 bits per heavy atom. The highest BCUT2D eigenvalue weighted by Crippen LogP contribution is 2.28. The van der Waals surface area contributed by atoms with Crippen LogP contribution in [0, 0.1) is 5.82 Å². The highest BCUT2D eigenvalue weighted by Gasteiger charge is 2.10. The number of carbonyl (C=O) groups is 1. The summed E-state index contributed by atoms with van der Waals surface area (Å²) in [7, 11) is 1.28. The van der Waals surface area contributed by atoms with Gasteiger partial charge in [-0.3, -0.25) is 4.79 Å². The minimum absolute atomic E-state index is 0.0207. The van der Waals surface area contributed by atoms with Gasteiger partial charge in [0.15, 0.2) is 11.6 Å². The van der Waals surface area contributed by atoms with Gasteiger partial charge in [0.25, 0.3) is 0 Å². The third-order valence-electron chi connectivity index (χ3n) is 3.80. The molecular weight excluding hydrogens is 395 g/mol. The third kappa shape index (κ3) is 5.71. The summed E-state index contributed by atoms with van der Waals surface area (Å²) < 4.78 is 24.1. The summed E-state index contributed by atoms with van der Waals surface area (Å²) in [6, 6.07) is 10.5. The monoisotopic (exact) mass is 414 g/mol. The predicted molar refractivity (Wildman–Crippen MR) is 107 cm³/mol. The van der Waals surface area contributed by atoms with Crippen molar-refractivity contribution in [2.45, 2.75) is 6.42 Å². The molecule has 0 bridgehead atoms. The number of methoxy groups -OCH3 is 1. The van der Waals surface area contributed by atoms with Gasteiger partial charge in [0, 0.05) is 35.6 Å². The summed E-state index contributed by atoms with van der Waals surface area (Å²) in [4.78, 5) is 19.1. The highest BCUT2D eigenvalue weighted by atomic mass is 19.1. The maximum atomic E-state index is 14.1. The van der Waals surface area contributed by atoms with E-state index in [1.54, 1.807) is 18.2 Å². The van der Waals surface area contributed by atoms with Gasteiger partial charge in [-0.2, -0.15) is 4.98 Å². The van der Waals surface area contributed by atoms with Crippen LogP contribution in [0.4, 0.5) is 27.5 Å². The van der Waals surface area contributed by atoms with Gasteiger partial charge in [-0.15, -0.1) is 0 Å². The first-order valence-corrected chi connectivity index (χ1v) is 8.82. The fourth-order valence-electron chi connectivity index (χ4n) is 2.46. The number of aromatic nitrogens is 2. The molecule has 0 aliphatic carbocycles. The number of esters is 1. The number of nitrogens with zero attached hydrogens (tertiary/aromatic N) is 2. The summed E-state index contributed by atoms with van der Waals surface area (Å²) in [5.74, 6) is -0.910. The van der Waals surface area contributed by atoms with Crippen LogP contribution in [0.1, 0.15) is 6.42 Å². The predicted octanol–water partition coefficient (Wildman–Crippen LogP) is 3.46. The van der Waals surface area contributed by atoms with E-state index >= 15 is 0 Å². The lowest BCUT2D eigenvalue weighted by Crippen LogP contribution is -2.07. The molecule has 0 aliphatic rings. The Bertz CT molecular complexity index is 1050. The number of phenolic OH excluding ortho intramolecular Hbond substituents is 2. The van der Waals surface area contributed by atoms with Crippen LogP contribution in [0.3, 0.4) is 0 Å². The quantitative estimate of drug-likeness (QED) is 0.410. The Morgan fingerprint density at radius 1 is 1.10 bits per heavy atom. The maximum Gasteiger partial charge on any atom is 0.308 e. The second-order valence-corrected chi connectivity index (χ2v) is 6.08. The zero-order valence-corrected chi connectivity index (χ0v) is 15.9. The summed E-state index contributed by atoms with van der Waals surface area (Å²) in [5.41, 5.74) is 0.829. The topological polar surface area (TPSA) is 126 Å². The van der Waals surface area contributed by atoms with Crippen LogP contribution in [0.2, 0.25) is 0 Å². The number of aromatic hydroxyl groups is 2. The van der Waals surface area contributed by atoms with Gasteiger partial charge in [0.1, 0.15) is 17.2 Å². The zero-order valence-electron chi connectivity index (χ0n) is 15.9. The minimum Gasteiger partial charge on any atom is -0.508 e. The first-order valence-electron chi connectivity index (χ1n) is 8.82. The molecule has 0 saturated heterocycles. The standard InChI is InChI=1S/C20H19FN4O5/c1-29-18(28)5-6-30-16-9-13(8-15(27)10-16)24-20-22-11-17(21)19(25-20)23-12-3-2-4-14(26)7-12/h2-4,7-11,26-27H,5-6H2,1H3,(H2,22,23,24,25). The molecule has 0 fully saturated rings. The van der Waals surface area contributed by atoms with Gasteiger partial charge in [-0.25, -0.2) is 9.37 Å². The molecule has 156 valence electrons. The molecule has 0 aliphatic heterocycles. The van der Waals surface area contributed by atoms with Crippen molar-refractivity contribution >= 4 is 29.1 Å². The molecule has 0 radical (unpaired) electrons. The number of hydrogen-bond acceptors (Lipinski definition) is 9. The first-order chi connectivity index (χ1) is 14.4. The van der Waals surface area contributed by atoms with E-state index in [1.807, 2.05) is 0 Å². The number of halogens is 1. The Morgan fingerprint density at radius 2 is 1.90 bits per heavy atom. The molecule has 2 aromatic carbocycles. The van der Waals surface area contributed by atoms with Crippen LogP contribution in [-0.4, -0.2) is 39.9 Å². The lowest BCUT2D eigenvalue weighted by atomic mass is 10.3. The van der Waals surface area contributed by atoms with Crippen molar-refractivity contribution in [3.8, 4) is 17.2 Å². The molecule has 1 aromatic heterocycles. The van der Waals surface area contributed by atoms with E-state index in [4.69, 9.17) is 4.74 Å². The number of phenols is 2. The Kier molecular flexibility index (Phi) is 6.48. The third-order valence-corrected chi connectivity index (χ3v) is 3.80. The van der Waals surface area contributed by atoms with Crippen molar-refractivity contribution in [2.24, 2.45) is 0 Å². The van der Waals surface area contributed by atoms with Crippen LogP contribution >= 0.6 is 0 Å². The zero-order chi connectivity index (χ0) is 21.5. The van der Waals surface area contributed by atoms with Gasteiger partial charge in [0.2, 0.25) is 5.95 Å². The number of hydrogen-bond donors (Lipinski definition) is 4. The fourth-order valence-corrected chi connectivity index (χ4v) is 2.46. The molecule has 0 spiro atoms. The Hall–Kier alpha value is -4.08. The van der Waals surface area contributed by atoms with Gasteiger partial charge in [-0.05, 0) is 12.1 Å². The molecule has 10 heteroatoms. The number of carbonyl (C=O) groups excluding carboxylic acids is 1. The van der Waals surface area contributed by atoms with E-state index in [-0.39, 0.29) is 36.3 Å². The molecular formula is C20H19FN4O5. The largest absolute Gasteiger partial charge is 0.508 e. The molecule has 0 saturated carbocycles. The summed E-state index contributed by atoms with van der Waals surface area (Å²) in [6.07, 6.45) is 1.04. The summed E-state index contributed by atoms with van der Waals surface area (Å²) in [5, 5.41) is 25.0. The van der Waals surface area contributed by atoms with Crippen molar-refractivity contribution in [3.63, 3.8) is 0 Å². The van der Waals surface area contributed by atoms with E-state index in [2.05, 4.69) is 25.3 Å². The van der Waals surface area contributed by atoms with Crippen LogP contribution in [-0.2, 0) is 9.53 Å². The van der Waals surface area contributed by atoms with Gasteiger partial charge in [-0.1, -0.05) is 6.07 Å². The van der Waals surface area contributed by atoms with E-state index in [1.165, 1.54) is 31.4 Å². The molecule has 0 atom stereocenters. The van der Waals surface area contributed by atoms with Crippen LogP contribution in [0.5, 0.6) is 17.2 Å². The average Bonchev–Trinajstić information content (AvgIpc) is 2.70. The molecule has 4 N–H and O–H groups in total. The first kappa shape index (κ1) is 20.6. The van der Waals surface area contributed by atoms with Gasteiger partial charge in [0.05, 0.1) is 26.3 Å². The SMILES string of the molecule is COC(=O)CCOc1cc(O)cc(Nc2ncc(F)c(Nc3cccc(O)c3)n2)c1. The number of benzene rings is 2. The second kappa shape index (κ2) is 9.41. The van der Waals surface area contributed by atoms with Gasteiger partial charge >= 0.3 is 5.97 Å². The molecule has 0 unspecified atom stereocenters. The van der Waals surface area contributed by atoms with Crippen molar-refractivity contribution < 1.29 is 28.9 Å². The number of anilines is 4. The lowest BCUT2D eigenvalue weighted by Gasteiger charge is -2.11. The van der Waals surface area contributed by atoms with Crippen LogP contribution in [0.15, 0.2) is 48.7 Å². The second-order valence-electron chi connectivity index (χ2n) is 6.08. The van der Waals surface area contributed by atoms with Crippen molar-refractivity contribution in [1.82, 2.24) is 9.97 Å². The molecule has 9 nitrogen and oxygen atoms in total. The Balaban J connectivity index is 1.73. The Labute approximate surface area is 171 Å². The molecule has 3 aromatic rings. The number of ether oxygens (including phenoxy) is 2. The van der Waals surface area contributed by atoms with Crippen LogP contribution in [0.25, 0.3) is 0 Å². The lowest BCUT2D eigenvalue weighted by molar-refractivity contribution is -0.141. The summed E-state index contributed by atoms with van der Waals surface area (Å²) >= 11 is 0. The summed E-state index contributed by atoms with van der Waals surface area (Å²) in [6.45, 7) is 0.0700. The smallest absolute Gasteiger partial charge is 0.308 e. The fraction of sp³-hybridized carbons (Fsp3) is 0.150.